The van der Waals surface area contributed by atoms with Gasteiger partial charge in [0.05, 0.1) is 5.69 Å². The zero-order valence-corrected chi connectivity index (χ0v) is 27.4. The molecule has 0 heterocycles. The fourth-order valence-corrected chi connectivity index (χ4v) is 6.20. The molecule has 8 N–H and O–H groups in total. The summed E-state index contributed by atoms with van der Waals surface area (Å²) in [7, 11) is -10.8. The third-order valence-electron chi connectivity index (χ3n) is 5.66. The van der Waals surface area contributed by atoms with Gasteiger partial charge in [-0.05, 0) is 60.1 Å². The number of rotatable bonds is 11. The molecule has 2 atom stereocenters. The second-order valence-corrected chi connectivity index (χ2v) is 12.0. The molecule has 200 valence electrons. The van der Waals surface area contributed by atoms with E-state index >= 15 is 0 Å². The van der Waals surface area contributed by atoms with E-state index < -0.39 is 39.0 Å². The molecular weight excluding hydrogens is 560 g/mol. The maximum Gasteiger partial charge on any atom is 0.360 e. The average molecular weight is 590 g/mol. The number of benzene rings is 2. The third-order valence-corrected chi connectivity index (χ3v) is 9.00. The maximum absolute atomic E-state index is 12.4. The van der Waals surface area contributed by atoms with Crippen molar-refractivity contribution in [2.75, 3.05) is 5.32 Å². The molecule has 0 bridgehead atoms. The Morgan fingerprint density at radius 1 is 0.789 bits per heavy atom. The van der Waals surface area contributed by atoms with Gasteiger partial charge in [-0.2, -0.15) is 0 Å². The molecule has 0 saturated carbocycles. The second-order valence-electron chi connectivity index (χ2n) is 8.24. The molecule has 2 aromatic carbocycles. The fourth-order valence-electron chi connectivity index (χ4n) is 4.01. The van der Waals surface area contributed by atoms with Gasteiger partial charge in [0.15, 0.2) is 0 Å². The number of phenols is 2. The standard InChI is InChI=1S/C22H30N2O10P2.2Na/c1-3-16(13-5-8-15(25)9-6-13)17(4-2)14-7-10-19(26)18(11-14)23-20(27)12-21(28)24-22(35(29,30)31)36(32,33)34;;/h5-11,16-17,22,25-26H,3-4,12H2,1-2H3,(H,23,27)(H,24,28)(H2,29,30,31)(H2,32,33,34);;. The predicted molar refractivity (Wildman–Crippen MR) is 143 cm³/mol. The summed E-state index contributed by atoms with van der Waals surface area (Å²) in [6, 6.07) is 11.5. The number of aromatic hydroxyl groups is 2. The van der Waals surface area contributed by atoms with Crippen molar-refractivity contribution in [2.24, 2.45) is 0 Å². The molecule has 0 aliphatic carbocycles. The van der Waals surface area contributed by atoms with Gasteiger partial charge >= 0.3 is 15.2 Å². The Bertz CT molecular complexity index is 1170. The maximum atomic E-state index is 12.4. The molecule has 0 aliphatic heterocycles. The van der Waals surface area contributed by atoms with Gasteiger partial charge in [0.25, 0.3) is 0 Å². The van der Waals surface area contributed by atoms with E-state index in [0.29, 0.717) is 6.42 Å². The number of hydrogen-bond donors (Lipinski definition) is 8. The summed E-state index contributed by atoms with van der Waals surface area (Å²) in [5.74, 6) is -2.41. The Kier molecular flexibility index (Phi) is 15.6. The van der Waals surface area contributed by atoms with Gasteiger partial charge in [-0.3, -0.25) is 18.7 Å². The van der Waals surface area contributed by atoms with Crippen LogP contribution in [0.25, 0.3) is 0 Å². The van der Waals surface area contributed by atoms with E-state index in [1.807, 2.05) is 26.0 Å². The first-order chi connectivity index (χ1) is 16.7. The van der Waals surface area contributed by atoms with Crippen LogP contribution in [0.15, 0.2) is 42.5 Å². The first-order valence-corrected chi connectivity index (χ1v) is 14.3. The summed E-state index contributed by atoms with van der Waals surface area (Å²) >= 11 is 0. The Hall–Kier alpha value is -0.720. The van der Waals surface area contributed by atoms with Crippen LogP contribution in [0.4, 0.5) is 5.69 Å². The molecular formula is C22H30N2Na2O10P2. The number of amides is 2. The topological polar surface area (TPSA) is 214 Å². The van der Waals surface area contributed by atoms with Gasteiger partial charge in [-0.1, -0.05) is 32.0 Å². The number of carbonyl (C=O) groups excluding carboxylic acids is 2. The Morgan fingerprint density at radius 3 is 1.74 bits per heavy atom. The van der Waals surface area contributed by atoms with Crippen molar-refractivity contribution in [3.8, 4) is 11.5 Å². The summed E-state index contributed by atoms with van der Waals surface area (Å²) in [6.07, 6.45) is 0.473. The van der Waals surface area contributed by atoms with Crippen LogP contribution < -0.4 is 10.6 Å². The summed E-state index contributed by atoms with van der Waals surface area (Å²) in [5.41, 5.74) is -0.996. The minimum absolute atomic E-state index is 0. The first-order valence-electron chi connectivity index (χ1n) is 11.0. The van der Waals surface area contributed by atoms with Gasteiger partial charge in [0, 0.05) is 59.1 Å². The van der Waals surface area contributed by atoms with Crippen LogP contribution in [0.2, 0.25) is 0 Å². The quantitative estimate of drug-likeness (QED) is 0.0826. The third kappa shape index (κ3) is 10.7. The van der Waals surface area contributed by atoms with E-state index in [9.17, 15) is 28.9 Å². The molecule has 38 heavy (non-hydrogen) atoms. The van der Waals surface area contributed by atoms with Crippen LogP contribution in [0.3, 0.4) is 0 Å². The monoisotopic (exact) mass is 590 g/mol. The predicted octanol–water partition coefficient (Wildman–Crippen LogP) is 2.11. The van der Waals surface area contributed by atoms with Crippen LogP contribution in [-0.2, 0) is 18.7 Å². The van der Waals surface area contributed by atoms with Crippen molar-refractivity contribution < 1.29 is 48.5 Å². The molecule has 0 fully saturated rings. The summed E-state index contributed by atoms with van der Waals surface area (Å²) in [6.45, 7) is 4.01. The normalized spacial score (nSPS) is 13.0. The SMILES string of the molecule is CCC(c1ccc(O)cc1)C(CC)c1ccc(O)c(NC(=O)CC(=O)NC(P(=O)(O)O)P(=O)(O)O)c1.[Na].[Na]. The molecule has 2 radical (unpaired) electrons. The van der Waals surface area contributed by atoms with Gasteiger partial charge in [-0.25, -0.2) is 0 Å². The molecule has 2 rings (SSSR count). The molecule has 2 aromatic rings. The molecule has 16 heteroatoms. The minimum atomic E-state index is -5.41. The minimum Gasteiger partial charge on any atom is -0.508 e. The molecule has 12 nitrogen and oxygen atoms in total. The molecule has 2 amide bonds. The Morgan fingerprint density at radius 2 is 1.26 bits per heavy atom. The van der Waals surface area contributed by atoms with E-state index in [1.165, 1.54) is 11.4 Å². The number of nitrogens with one attached hydrogen (secondary N) is 2. The van der Waals surface area contributed by atoms with Crippen LogP contribution in [0, 0.1) is 0 Å². The van der Waals surface area contributed by atoms with Crippen LogP contribution in [0.1, 0.15) is 56.1 Å². The largest absolute Gasteiger partial charge is 0.508 e. The second kappa shape index (κ2) is 15.9. The number of carbonyl (C=O) groups is 2. The first kappa shape index (κ1) is 37.3. The van der Waals surface area contributed by atoms with E-state index in [1.54, 1.807) is 24.3 Å². The Balaban J connectivity index is 0.00000684. The molecule has 2 unspecified atom stereocenters. The van der Waals surface area contributed by atoms with Crippen molar-refractivity contribution in [2.45, 2.75) is 50.5 Å². The number of hydrogen-bond acceptors (Lipinski definition) is 6. The van der Waals surface area contributed by atoms with Crippen LogP contribution in [0.5, 0.6) is 11.5 Å². The zero-order chi connectivity index (χ0) is 27.3. The van der Waals surface area contributed by atoms with Crippen molar-refractivity contribution in [1.29, 1.82) is 0 Å². The fraction of sp³-hybridized carbons (Fsp3) is 0.364. The van der Waals surface area contributed by atoms with Gasteiger partial charge < -0.3 is 40.4 Å². The van der Waals surface area contributed by atoms with Crippen molar-refractivity contribution in [3.05, 3.63) is 53.6 Å². The van der Waals surface area contributed by atoms with Gasteiger partial charge in [-0.15, -0.1) is 0 Å². The van der Waals surface area contributed by atoms with Gasteiger partial charge in [0.2, 0.25) is 17.3 Å². The summed E-state index contributed by atoms with van der Waals surface area (Å²) < 4.78 is 22.6. The van der Waals surface area contributed by atoms with Crippen molar-refractivity contribution >= 4 is 91.8 Å². The molecule has 0 saturated heterocycles. The van der Waals surface area contributed by atoms with Crippen molar-refractivity contribution in [3.63, 3.8) is 0 Å². The van der Waals surface area contributed by atoms with E-state index in [4.69, 9.17) is 19.6 Å². The molecule has 0 spiro atoms. The van der Waals surface area contributed by atoms with E-state index in [0.717, 1.165) is 17.5 Å². The summed E-state index contributed by atoms with van der Waals surface area (Å²) in [4.78, 5) is 60.7. The molecule has 0 aromatic heterocycles. The van der Waals surface area contributed by atoms with Crippen molar-refractivity contribution in [1.82, 2.24) is 5.32 Å². The average Bonchev–Trinajstić information content (AvgIpc) is 2.76. The number of anilines is 1. The Labute approximate surface area is 264 Å². The van der Waals surface area contributed by atoms with Crippen LogP contribution in [-0.4, -0.2) is 106 Å². The molecule has 0 aliphatic rings. The van der Waals surface area contributed by atoms with E-state index in [-0.39, 0.29) is 88.1 Å². The summed E-state index contributed by atoms with van der Waals surface area (Å²) in [5, 5.41) is 23.7. The van der Waals surface area contributed by atoms with E-state index in [2.05, 4.69) is 5.32 Å². The number of phenolic OH excluding ortho intramolecular Hbond substituents is 2. The smallest absolute Gasteiger partial charge is 0.360 e. The van der Waals surface area contributed by atoms with Gasteiger partial charge in [0.1, 0.15) is 17.9 Å². The zero-order valence-electron chi connectivity index (χ0n) is 21.6. The van der Waals surface area contributed by atoms with Crippen LogP contribution >= 0.6 is 15.2 Å².